The number of methoxy groups -OCH3 is 1. The predicted octanol–water partition coefficient (Wildman–Crippen LogP) is 3.47. The second-order valence-electron chi connectivity index (χ2n) is 7.94. The summed E-state index contributed by atoms with van der Waals surface area (Å²) in [5, 5.41) is 11.1. The van der Waals surface area contributed by atoms with Crippen molar-refractivity contribution in [2.24, 2.45) is 0 Å². The van der Waals surface area contributed by atoms with Crippen LogP contribution in [0.2, 0.25) is 0 Å². The minimum atomic E-state index is -0.687. The summed E-state index contributed by atoms with van der Waals surface area (Å²) in [6.45, 7) is 3.56. The maximum atomic E-state index is 13.0. The van der Waals surface area contributed by atoms with Crippen molar-refractivity contribution in [2.75, 3.05) is 40.9 Å². The molecule has 3 rings (SSSR count). The largest absolute Gasteiger partial charge is 0.507 e. The molecule has 1 saturated heterocycles. The number of ether oxygens (including phenoxy) is 2. The Morgan fingerprint density at radius 2 is 1.66 bits per heavy atom. The number of carbonyl (C=O) groups is 2. The molecule has 0 saturated carbocycles. The van der Waals surface area contributed by atoms with Gasteiger partial charge in [-0.3, -0.25) is 9.59 Å². The fourth-order valence-corrected chi connectivity index (χ4v) is 3.64. The van der Waals surface area contributed by atoms with Gasteiger partial charge in [0, 0.05) is 18.7 Å². The Hall–Kier alpha value is -3.32. The van der Waals surface area contributed by atoms with Crippen molar-refractivity contribution in [1.29, 1.82) is 0 Å². The molecule has 7 nitrogen and oxygen atoms in total. The maximum absolute atomic E-state index is 13.0. The minimum Gasteiger partial charge on any atom is -0.507 e. The molecule has 0 spiro atoms. The monoisotopic (exact) mass is 438 g/mol. The van der Waals surface area contributed by atoms with Crippen LogP contribution in [-0.4, -0.2) is 67.5 Å². The number of benzene rings is 2. The molecular weight excluding hydrogens is 408 g/mol. The van der Waals surface area contributed by atoms with Crippen LogP contribution in [0.3, 0.4) is 0 Å². The summed E-state index contributed by atoms with van der Waals surface area (Å²) < 4.78 is 10.8. The van der Waals surface area contributed by atoms with Gasteiger partial charge in [-0.15, -0.1) is 0 Å². The zero-order valence-corrected chi connectivity index (χ0v) is 19.0. The summed E-state index contributed by atoms with van der Waals surface area (Å²) in [6.07, 6.45) is 0.889. The number of likely N-dealkylation sites (tertiary alicyclic amines) is 1. The van der Waals surface area contributed by atoms with E-state index in [1.54, 1.807) is 43.5 Å². The molecule has 7 heteroatoms. The second kappa shape index (κ2) is 10.3. The van der Waals surface area contributed by atoms with Crippen LogP contribution in [0, 0.1) is 0 Å². The van der Waals surface area contributed by atoms with Gasteiger partial charge < -0.3 is 24.4 Å². The third kappa shape index (κ3) is 4.94. The third-order valence-corrected chi connectivity index (χ3v) is 5.36. The number of Topliss-reactive ketones (excluding diaryl/α,β-unsaturated/α-hetero) is 1. The van der Waals surface area contributed by atoms with E-state index >= 15 is 0 Å². The lowest BCUT2D eigenvalue weighted by Crippen LogP contribution is -2.35. The summed E-state index contributed by atoms with van der Waals surface area (Å²) in [5.74, 6) is -0.146. The molecule has 170 valence electrons. The molecule has 32 heavy (non-hydrogen) atoms. The van der Waals surface area contributed by atoms with Crippen molar-refractivity contribution in [3.63, 3.8) is 0 Å². The predicted molar refractivity (Wildman–Crippen MR) is 123 cm³/mol. The number of hydrogen-bond donors (Lipinski definition) is 1. The molecule has 0 radical (unpaired) electrons. The van der Waals surface area contributed by atoms with Gasteiger partial charge in [-0.05, 0) is 62.5 Å². The number of hydrogen-bond acceptors (Lipinski definition) is 6. The van der Waals surface area contributed by atoms with Gasteiger partial charge in [0.25, 0.3) is 11.7 Å². The number of ketones is 1. The minimum absolute atomic E-state index is 0.0844. The molecule has 2 aromatic carbocycles. The van der Waals surface area contributed by atoms with Crippen LogP contribution in [0.1, 0.15) is 30.5 Å². The van der Waals surface area contributed by atoms with E-state index in [-0.39, 0.29) is 11.3 Å². The molecule has 0 unspecified atom stereocenters. The highest BCUT2D eigenvalue weighted by molar-refractivity contribution is 6.46. The van der Waals surface area contributed by atoms with Crippen molar-refractivity contribution in [1.82, 2.24) is 9.80 Å². The lowest BCUT2D eigenvalue weighted by Gasteiger charge is -2.26. The Labute approximate surface area is 188 Å². The van der Waals surface area contributed by atoms with Crippen LogP contribution in [0.5, 0.6) is 11.5 Å². The van der Waals surface area contributed by atoms with E-state index in [0.29, 0.717) is 36.8 Å². The summed E-state index contributed by atoms with van der Waals surface area (Å²) in [6, 6.07) is 13.4. The number of amides is 1. The number of nitrogens with zero attached hydrogens (tertiary/aromatic N) is 2. The molecule has 1 heterocycles. The van der Waals surface area contributed by atoms with Crippen LogP contribution in [0.4, 0.5) is 0 Å². The molecule has 0 bridgehead atoms. The maximum Gasteiger partial charge on any atom is 0.295 e. The highest BCUT2D eigenvalue weighted by atomic mass is 16.5. The first-order valence-electron chi connectivity index (χ1n) is 10.7. The summed E-state index contributed by atoms with van der Waals surface area (Å²) in [7, 11) is 5.38. The van der Waals surface area contributed by atoms with E-state index < -0.39 is 17.7 Å². The SMILES string of the molecule is CCCOc1ccc(C(O)=C2C(=O)C(=O)N(CCN(C)C)[C@H]2c2ccc(OC)cc2)cc1. The fourth-order valence-electron chi connectivity index (χ4n) is 3.64. The van der Waals surface area contributed by atoms with E-state index in [2.05, 4.69) is 0 Å². The average Bonchev–Trinajstić information content (AvgIpc) is 3.06. The van der Waals surface area contributed by atoms with E-state index in [4.69, 9.17) is 9.47 Å². The Balaban J connectivity index is 2.04. The van der Waals surface area contributed by atoms with E-state index in [1.807, 2.05) is 38.1 Å². The first-order chi connectivity index (χ1) is 15.4. The number of aliphatic hydroxyl groups is 1. The van der Waals surface area contributed by atoms with Gasteiger partial charge in [-0.1, -0.05) is 19.1 Å². The van der Waals surface area contributed by atoms with Crippen molar-refractivity contribution in [2.45, 2.75) is 19.4 Å². The normalized spacial score (nSPS) is 17.8. The smallest absolute Gasteiger partial charge is 0.295 e. The highest BCUT2D eigenvalue weighted by Gasteiger charge is 2.45. The first-order valence-corrected chi connectivity index (χ1v) is 10.7. The molecule has 0 aromatic heterocycles. The van der Waals surface area contributed by atoms with Crippen LogP contribution >= 0.6 is 0 Å². The molecule has 1 N–H and O–H groups in total. The third-order valence-electron chi connectivity index (χ3n) is 5.36. The molecule has 1 amide bonds. The van der Waals surface area contributed by atoms with Gasteiger partial charge in [0.2, 0.25) is 0 Å². The fraction of sp³-hybridized carbons (Fsp3) is 0.360. The van der Waals surface area contributed by atoms with Crippen LogP contribution in [-0.2, 0) is 9.59 Å². The molecule has 2 aromatic rings. The number of rotatable bonds is 9. The Morgan fingerprint density at radius 1 is 1.03 bits per heavy atom. The Kier molecular flexibility index (Phi) is 7.53. The van der Waals surface area contributed by atoms with Gasteiger partial charge in [0.1, 0.15) is 17.3 Å². The quantitative estimate of drug-likeness (QED) is 0.367. The van der Waals surface area contributed by atoms with Gasteiger partial charge in [0.05, 0.1) is 25.3 Å². The van der Waals surface area contributed by atoms with Crippen molar-refractivity contribution in [3.8, 4) is 11.5 Å². The van der Waals surface area contributed by atoms with Crippen molar-refractivity contribution < 1.29 is 24.2 Å². The van der Waals surface area contributed by atoms with Gasteiger partial charge >= 0.3 is 0 Å². The molecule has 0 aliphatic carbocycles. The molecular formula is C25H30N2O5. The first kappa shape index (κ1) is 23.3. The van der Waals surface area contributed by atoms with E-state index in [9.17, 15) is 14.7 Å². The van der Waals surface area contributed by atoms with Crippen molar-refractivity contribution >= 4 is 17.4 Å². The standard InChI is InChI=1S/C25H30N2O5/c1-5-16-32-20-12-8-18(9-13-20)23(28)21-22(17-6-10-19(31-4)11-7-17)27(15-14-26(2)3)25(30)24(21)29/h6-13,22,28H,5,14-16H2,1-4H3/t22-/m0/s1. The highest BCUT2D eigenvalue weighted by Crippen LogP contribution is 2.39. The van der Waals surface area contributed by atoms with E-state index in [0.717, 1.165) is 12.0 Å². The zero-order chi connectivity index (χ0) is 23.3. The number of aliphatic hydroxyl groups excluding tert-OH is 1. The van der Waals surface area contributed by atoms with Crippen molar-refractivity contribution in [3.05, 3.63) is 65.2 Å². The molecule has 1 aliphatic rings. The van der Waals surface area contributed by atoms with Crippen LogP contribution in [0.15, 0.2) is 54.1 Å². The molecule has 1 atom stereocenters. The van der Waals surface area contributed by atoms with Gasteiger partial charge in [0.15, 0.2) is 0 Å². The van der Waals surface area contributed by atoms with E-state index in [1.165, 1.54) is 4.90 Å². The summed E-state index contributed by atoms with van der Waals surface area (Å²) in [5.41, 5.74) is 1.27. The topological polar surface area (TPSA) is 79.3 Å². The zero-order valence-electron chi connectivity index (χ0n) is 19.0. The summed E-state index contributed by atoms with van der Waals surface area (Å²) in [4.78, 5) is 29.4. The summed E-state index contributed by atoms with van der Waals surface area (Å²) >= 11 is 0. The Bertz CT molecular complexity index is 980. The van der Waals surface area contributed by atoms with Gasteiger partial charge in [-0.2, -0.15) is 0 Å². The second-order valence-corrected chi connectivity index (χ2v) is 7.94. The number of carbonyl (C=O) groups excluding carboxylic acids is 2. The average molecular weight is 439 g/mol. The molecule has 1 fully saturated rings. The van der Waals surface area contributed by atoms with Crippen LogP contribution < -0.4 is 9.47 Å². The molecule has 1 aliphatic heterocycles. The lowest BCUT2D eigenvalue weighted by atomic mass is 9.95. The van der Waals surface area contributed by atoms with Crippen LogP contribution in [0.25, 0.3) is 5.76 Å². The lowest BCUT2D eigenvalue weighted by molar-refractivity contribution is -0.140. The van der Waals surface area contributed by atoms with Gasteiger partial charge in [-0.25, -0.2) is 0 Å². The Morgan fingerprint density at radius 3 is 2.22 bits per heavy atom. The number of likely N-dealkylation sites (N-methyl/N-ethyl adjacent to an activating group) is 1.